The average Bonchev–Trinajstić information content (AvgIpc) is 3.40. The van der Waals surface area contributed by atoms with Gasteiger partial charge in [-0.1, -0.05) is 41.9 Å². The van der Waals surface area contributed by atoms with Crippen LogP contribution < -0.4 is 14.4 Å². The van der Waals surface area contributed by atoms with Crippen molar-refractivity contribution >= 4 is 33.2 Å². The van der Waals surface area contributed by atoms with Crippen LogP contribution in [-0.2, 0) is 27.9 Å². The molecule has 0 aliphatic carbocycles. The van der Waals surface area contributed by atoms with Crippen molar-refractivity contribution in [3.63, 3.8) is 0 Å². The number of benzene rings is 3. The van der Waals surface area contributed by atoms with E-state index in [1.54, 1.807) is 30.3 Å². The molecule has 1 aliphatic rings. The van der Waals surface area contributed by atoms with Crippen molar-refractivity contribution in [2.24, 2.45) is 0 Å². The van der Waals surface area contributed by atoms with Crippen molar-refractivity contribution in [3.05, 3.63) is 88.9 Å². The number of amides is 1. The fourth-order valence-corrected chi connectivity index (χ4v) is 5.86. The van der Waals surface area contributed by atoms with E-state index in [-0.39, 0.29) is 11.4 Å². The van der Waals surface area contributed by atoms with E-state index in [9.17, 15) is 13.2 Å². The minimum atomic E-state index is -4.05. The third-order valence-electron chi connectivity index (χ3n) is 6.22. The second-order valence-corrected chi connectivity index (χ2v) is 11.0. The molecule has 0 saturated carbocycles. The molecule has 36 heavy (non-hydrogen) atoms. The molecule has 0 radical (unpaired) electrons. The van der Waals surface area contributed by atoms with E-state index in [4.69, 9.17) is 16.3 Å². The number of nitrogens with one attached hydrogen (secondary N) is 1. The van der Waals surface area contributed by atoms with Crippen molar-refractivity contribution in [1.82, 2.24) is 10.2 Å². The molecule has 0 spiro atoms. The monoisotopic (exact) mass is 527 g/mol. The van der Waals surface area contributed by atoms with Gasteiger partial charge in [-0.05, 0) is 79.5 Å². The van der Waals surface area contributed by atoms with E-state index in [1.807, 2.05) is 18.2 Å². The second kappa shape index (κ2) is 11.8. The third-order valence-corrected chi connectivity index (χ3v) is 8.24. The number of anilines is 1. The van der Waals surface area contributed by atoms with Gasteiger partial charge in [0.25, 0.3) is 10.0 Å². The number of halogens is 1. The van der Waals surface area contributed by atoms with Gasteiger partial charge in [0.1, 0.15) is 12.3 Å². The molecule has 0 bridgehead atoms. The van der Waals surface area contributed by atoms with E-state index in [1.165, 1.54) is 38.2 Å². The standard InChI is InChI=1S/C27H30ClN3O4S/c1-35-25-11-13-26(14-12-25)36(33,34)31(24-10-6-9-23(28)17-24)20-27(32)29-18-21-7-2-3-8-22(21)19-30-15-4-5-16-30/h2-3,6-14,17H,4-5,15-16,18-20H2,1H3,(H,29,32). The highest BCUT2D eigenvalue weighted by Crippen LogP contribution is 2.27. The van der Waals surface area contributed by atoms with Crippen LogP contribution in [0, 0.1) is 0 Å². The molecule has 4 rings (SSSR count). The number of nitrogens with zero attached hydrogens (tertiary/aromatic N) is 2. The smallest absolute Gasteiger partial charge is 0.264 e. The van der Waals surface area contributed by atoms with Gasteiger partial charge in [-0.15, -0.1) is 0 Å². The summed E-state index contributed by atoms with van der Waals surface area (Å²) in [7, 11) is -2.54. The molecule has 0 atom stereocenters. The molecule has 1 fully saturated rings. The predicted octanol–water partition coefficient (Wildman–Crippen LogP) is 4.46. The topological polar surface area (TPSA) is 79.0 Å². The van der Waals surface area contributed by atoms with Crippen LogP contribution >= 0.6 is 11.6 Å². The lowest BCUT2D eigenvalue weighted by Gasteiger charge is -2.24. The maximum atomic E-state index is 13.6. The summed E-state index contributed by atoms with van der Waals surface area (Å²) in [5.41, 5.74) is 2.49. The summed E-state index contributed by atoms with van der Waals surface area (Å²) in [5.74, 6) is 0.122. The Morgan fingerprint density at radius 1 is 1.00 bits per heavy atom. The van der Waals surface area contributed by atoms with E-state index < -0.39 is 15.9 Å². The minimum absolute atomic E-state index is 0.0482. The predicted molar refractivity (Wildman–Crippen MR) is 142 cm³/mol. The maximum Gasteiger partial charge on any atom is 0.264 e. The van der Waals surface area contributed by atoms with E-state index in [0.717, 1.165) is 35.1 Å². The molecule has 1 saturated heterocycles. The van der Waals surface area contributed by atoms with Gasteiger partial charge >= 0.3 is 0 Å². The van der Waals surface area contributed by atoms with Crippen molar-refractivity contribution in [3.8, 4) is 5.75 Å². The maximum absolute atomic E-state index is 13.6. The molecule has 190 valence electrons. The highest BCUT2D eigenvalue weighted by Gasteiger charge is 2.27. The van der Waals surface area contributed by atoms with Crippen LogP contribution in [0.3, 0.4) is 0 Å². The largest absolute Gasteiger partial charge is 0.497 e. The quantitative estimate of drug-likeness (QED) is 0.421. The van der Waals surface area contributed by atoms with Crippen LogP contribution in [0.2, 0.25) is 5.02 Å². The number of carbonyl (C=O) groups is 1. The molecular formula is C27H30ClN3O4S. The van der Waals surface area contributed by atoms with Crippen molar-refractivity contribution in [1.29, 1.82) is 0 Å². The van der Waals surface area contributed by atoms with E-state index in [2.05, 4.69) is 16.3 Å². The van der Waals surface area contributed by atoms with Crippen LogP contribution in [0.1, 0.15) is 24.0 Å². The van der Waals surface area contributed by atoms with Gasteiger partial charge in [-0.25, -0.2) is 8.42 Å². The van der Waals surface area contributed by atoms with Crippen LogP contribution in [0.4, 0.5) is 5.69 Å². The number of methoxy groups -OCH3 is 1. The molecule has 1 amide bonds. The second-order valence-electron chi connectivity index (χ2n) is 8.70. The van der Waals surface area contributed by atoms with Gasteiger partial charge in [-0.3, -0.25) is 14.0 Å². The molecule has 0 unspecified atom stereocenters. The molecule has 7 nitrogen and oxygen atoms in total. The number of hydrogen-bond acceptors (Lipinski definition) is 5. The summed E-state index contributed by atoms with van der Waals surface area (Å²) >= 11 is 6.15. The Morgan fingerprint density at radius 2 is 1.69 bits per heavy atom. The molecular weight excluding hydrogens is 498 g/mol. The lowest BCUT2D eigenvalue weighted by Crippen LogP contribution is -2.40. The Hall–Kier alpha value is -3.07. The SMILES string of the molecule is COc1ccc(S(=O)(=O)N(CC(=O)NCc2ccccc2CN2CCCC2)c2cccc(Cl)c2)cc1. The van der Waals surface area contributed by atoms with Crippen molar-refractivity contribution in [2.75, 3.05) is 31.0 Å². The molecule has 1 aliphatic heterocycles. The Morgan fingerprint density at radius 3 is 2.36 bits per heavy atom. The fourth-order valence-electron chi connectivity index (χ4n) is 4.27. The lowest BCUT2D eigenvalue weighted by atomic mass is 10.1. The Kier molecular flexibility index (Phi) is 8.51. The highest BCUT2D eigenvalue weighted by molar-refractivity contribution is 7.92. The number of likely N-dealkylation sites (tertiary alicyclic amines) is 1. The Labute approximate surface area is 217 Å². The van der Waals surface area contributed by atoms with Gasteiger partial charge in [0.15, 0.2) is 0 Å². The van der Waals surface area contributed by atoms with Crippen LogP contribution in [0.25, 0.3) is 0 Å². The number of rotatable bonds is 10. The Balaban J connectivity index is 1.52. The lowest BCUT2D eigenvalue weighted by molar-refractivity contribution is -0.119. The minimum Gasteiger partial charge on any atom is -0.497 e. The van der Waals surface area contributed by atoms with Gasteiger partial charge < -0.3 is 10.1 Å². The molecule has 0 aromatic heterocycles. The van der Waals surface area contributed by atoms with Crippen LogP contribution in [0.15, 0.2) is 77.7 Å². The first kappa shape index (κ1) is 26.0. The zero-order valence-electron chi connectivity index (χ0n) is 20.2. The fraction of sp³-hybridized carbons (Fsp3) is 0.296. The molecule has 9 heteroatoms. The number of carbonyl (C=O) groups excluding carboxylic acids is 1. The highest BCUT2D eigenvalue weighted by atomic mass is 35.5. The molecule has 1 N–H and O–H groups in total. The third kappa shape index (κ3) is 6.37. The number of sulfonamides is 1. The van der Waals surface area contributed by atoms with Gasteiger partial charge in [0.2, 0.25) is 5.91 Å². The Bertz CT molecular complexity index is 1290. The van der Waals surface area contributed by atoms with E-state index in [0.29, 0.717) is 23.0 Å². The van der Waals surface area contributed by atoms with Gasteiger partial charge in [-0.2, -0.15) is 0 Å². The normalized spacial score (nSPS) is 13.9. The molecule has 1 heterocycles. The zero-order valence-corrected chi connectivity index (χ0v) is 21.8. The average molecular weight is 528 g/mol. The summed E-state index contributed by atoms with van der Waals surface area (Å²) in [6, 6.07) is 20.5. The molecule has 3 aromatic rings. The first-order chi connectivity index (χ1) is 17.4. The van der Waals surface area contributed by atoms with Crippen molar-refractivity contribution < 1.29 is 17.9 Å². The summed E-state index contributed by atoms with van der Waals surface area (Å²) in [5, 5.41) is 3.28. The summed E-state index contributed by atoms with van der Waals surface area (Å²) < 4.78 is 33.3. The van der Waals surface area contributed by atoms with Gasteiger partial charge in [0.05, 0.1) is 17.7 Å². The summed E-state index contributed by atoms with van der Waals surface area (Å²) in [6.07, 6.45) is 2.42. The zero-order chi connectivity index (χ0) is 25.5. The summed E-state index contributed by atoms with van der Waals surface area (Å²) in [6.45, 7) is 2.93. The first-order valence-electron chi connectivity index (χ1n) is 11.8. The van der Waals surface area contributed by atoms with Gasteiger partial charge in [0, 0.05) is 18.1 Å². The summed E-state index contributed by atoms with van der Waals surface area (Å²) in [4.78, 5) is 15.5. The number of ether oxygens (including phenoxy) is 1. The molecule has 3 aromatic carbocycles. The van der Waals surface area contributed by atoms with E-state index >= 15 is 0 Å². The van der Waals surface area contributed by atoms with Crippen LogP contribution in [0.5, 0.6) is 5.75 Å². The number of hydrogen-bond donors (Lipinski definition) is 1. The van der Waals surface area contributed by atoms with Crippen molar-refractivity contribution in [2.45, 2.75) is 30.8 Å². The van der Waals surface area contributed by atoms with Crippen LogP contribution in [-0.4, -0.2) is 46.0 Å². The first-order valence-corrected chi connectivity index (χ1v) is 13.7.